The summed E-state index contributed by atoms with van der Waals surface area (Å²) in [6.45, 7) is 0.392. The van der Waals surface area contributed by atoms with Crippen LogP contribution in [0, 0.1) is 0 Å². The first-order chi connectivity index (χ1) is 27.9. The number of rotatable bonds is 17. The number of thioether (sulfide) groups is 1. The number of ether oxygens (including phenoxy) is 2. The molecule has 0 radical (unpaired) electrons. The molecule has 1 aromatic heterocycles. The van der Waals surface area contributed by atoms with Crippen LogP contribution in [0.1, 0.15) is 73.2 Å². The summed E-state index contributed by atoms with van der Waals surface area (Å²) in [5.41, 5.74) is 8.54. The number of nitrogens with one attached hydrogen (secondary N) is 1. The zero-order valence-electron chi connectivity index (χ0n) is 31.6. The lowest BCUT2D eigenvalue weighted by atomic mass is 9.99. The summed E-state index contributed by atoms with van der Waals surface area (Å²) < 4.78 is 19.7. The van der Waals surface area contributed by atoms with Crippen molar-refractivity contribution in [1.82, 2.24) is 10.3 Å². The van der Waals surface area contributed by atoms with E-state index in [-0.39, 0.29) is 31.1 Å². The van der Waals surface area contributed by atoms with Gasteiger partial charge in [0.15, 0.2) is 12.1 Å². The first-order valence-corrected chi connectivity index (χ1v) is 20.3. The SMILES string of the molecule is O=C(O)CCCCCC(=O)NCc1cccc(-c2ccc([C@@H]3O[C@H](CSc4nc(-c5ccccc5)c(-c5ccccc5)o4)C[C@H](c4ccc(CO)cc4)O3)cc2)c1. The Morgan fingerprint density at radius 3 is 2.11 bits per heavy atom. The number of carboxylic acid groups (broad SMARTS) is 1. The molecule has 3 N–H and O–H groups in total. The molecule has 292 valence electrons. The van der Waals surface area contributed by atoms with Crippen molar-refractivity contribution in [1.29, 1.82) is 0 Å². The minimum atomic E-state index is -0.807. The summed E-state index contributed by atoms with van der Waals surface area (Å²) >= 11 is 1.53. The van der Waals surface area contributed by atoms with Gasteiger partial charge in [0.05, 0.1) is 18.8 Å². The van der Waals surface area contributed by atoms with Gasteiger partial charge in [-0.1, -0.05) is 146 Å². The van der Waals surface area contributed by atoms with Crippen molar-refractivity contribution in [3.63, 3.8) is 0 Å². The van der Waals surface area contributed by atoms with Crippen LogP contribution in [-0.4, -0.2) is 38.9 Å². The molecule has 2 heterocycles. The van der Waals surface area contributed by atoms with E-state index in [1.54, 1.807) is 0 Å². The van der Waals surface area contributed by atoms with E-state index in [4.69, 9.17) is 24.0 Å². The third kappa shape index (κ3) is 10.9. The minimum absolute atomic E-state index is 0.0234. The van der Waals surface area contributed by atoms with Crippen molar-refractivity contribution in [3.05, 3.63) is 156 Å². The average Bonchev–Trinajstić information content (AvgIpc) is 3.70. The van der Waals surface area contributed by atoms with E-state index in [1.165, 1.54) is 11.8 Å². The number of amides is 1. The van der Waals surface area contributed by atoms with Crippen molar-refractivity contribution < 1.29 is 33.7 Å². The predicted octanol–water partition coefficient (Wildman–Crippen LogP) is 10.2. The molecular weight excluding hydrogens is 737 g/mol. The topological polar surface area (TPSA) is 131 Å². The molecule has 1 aliphatic rings. The van der Waals surface area contributed by atoms with Gasteiger partial charge in [0, 0.05) is 48.3 Å². The molecule has 5 aromatic carbocycles. The van der Waals surface area contributed by atoms with E-state index in [2.05, 4.69) is 23.5 Å². The van der Waals surface area contributed by atoms with E-state index < -0.39 is 12.3 Å². The molecule has 1 amide bonds. The molecule has 7 rings (SSSR count). The maximum atomic E-state index is 12.4. The number of aliphatic hydroxyl groups is 1. The molecular formula is C47H46N2O7S. The maximum Gasteiger partial charge on any atom is 0.303 e. The molecule has 0 saturated carbocycles. The Bertz CT molecular complexity index is 2150. The number of carbonyl (C=O) groups is 2. The highest BCUT2D eigenvalue weighted by Gasteiger charge is 2.33. The average molecular weight is 783 g/mol. The summed E-state index contributed by atoms with van der Waals surface area (Å²) in [6, 6.07) is 44.3. The van der Waals surface area contributed by atoms with Gasteiger partial charge in [-0.2, -0.15) is 0 Å². The Balaban J connectivity index is 1.04. The Kier molecular flexibility index (Phi) is 13.6. The van der Waals surface area contributed by atoms with Crippen LogP contribution >= 0.6 is 11.8 Å². The summed E-state index contributed by atoms with van der Waals surface area (Å²) in [5, 5.41) is 22.0. The van der Waals surface area contributed by atoms with Crippen LogP contribution in [0.25, 0.3) is 33.7 Å². The van der Waals surface area contributed by atoms with Crippen molar-refractivity contribution >= 4 is 23.6 Å². The molecule has 6 aromatic rings. The first kappa shape index (κ1) is 39.7. The van der Waals surface area contributed by atoms with Crippen LogP contribution in [0.3, 0.4) is 0 Å². The number of aliphatic carboxylic acids is 1. The van der Waals surface area contributed by atoms with Gasteiger partial charge in [-0.25, -0.2) is 4.98 Å². The Hall–Kier alpha value is -5.52. The molecule has 57 heavy (non-hydrogen) atoms. The van der Waals surface area contributed by atoms with Gasteiger partial charge in [0.2, 0.25) is 5.91 Å². The number of carboxylic acids is 1. The van der Waals surface area contributed by atoms with E-state index in [0.717, 1.165) is 56.0 Å². The fraction of sp³-hybridized carbons (Fsp3) is 0.255. The molecule has 0 aliphatic carbocycles. The second kappa shape index (κ2) is 19.6. The van der Waals surface area contributed by atoms with Crippen LogP contribution in [0.15, 0.2) is 143 Å². The largest absolute Gasteiger partial charge is 0.481 e. The monoisotopic (exact) mass is 782 g/mol. The number of hydrogen-bond donors (Lipinski definition) is 3. The second-order valence-corrected chi connectivity index (χ2v) is 15.1. The molecule has 0 bridgehead atoms. The van der Waals surface area contributed by atoms with Crippen LogP contribution in [-0.2, 0) is 32.2 Å². The number of aliphatic hydroxyl groups excluding tert-OH is 1. The van der Waals surface area contributed by atoms with Crippen molar-refractivity contribution in [2.75, 3.05) is 5.75 Å². The zero-order valence-corrected chi connectivity index (χ0v) is 32.4. The fourth-order valence-electron chi connectivity index (χ4n) is 6.85. The Morgan fingerprint density at radius 2 is 1.39 bits per heavy atom. The number of oxazole rings is 1. The standard InChI is InChI=1S/C47H46N2O7S/c50-30-32-19-21-35(22-20-32)41-28-40(31-57-47-49-44(36-12-4-1-5-13-36)45(56-47)37-14-6-2-7-15-37)54-46(55-41)38-25-23-34(24-26-38)39-16-10-11-33(27-39)29-48-42(51)17-8-3-9-18-43(52)53/h1-2,4-7,10-16,19-27,40-41,46,50H,3,8-9,17-18,28-31H2,(H,48,51)(H,52,53)/t40-,41+,46+/m0/s1. The normalized spacial score (nSPS) is 16.6. The molecule has 3 atom stereocenters. The van der Waals surface area contributed by atoms with Crippen LogP contribution in [0.5, 0.6) is 0 Å². The quantitative estimate of drug-likeness (QED) is 0.0611. The number of aromatic nitrogens is 1. The highest BCUT2D eigenvalue weighted by Crippen LogP contribution is 2.41. The number of carbonyl (C=O) groups excluding carboxylic acids is 1. The summed E-state index contributed by atoms with van der Waals surface area (Å²) in [4.78, 5) is 28.0. The Morgan fingerprint density at radius 1 is 0.702 bits per heavy atom. The van der Waals surface area contributed by atoms with E-state index in [0.29, 0.717) is 49.6 Å². The molecule has 1 fully saturated rings. The lowest BCUT2D eigenvalue weighted by Gasteiger charge is -2.36. The van der Waals surface area contributed by atoms with Gasteiger partial charge in [0.25, 0.3) is 5.22 Å². The molecule has 0 spiro atoms. The van der Waals surface area contributed by atoms with Crippen LogP contribution < -0.4 is 5.32 Å². The first-order valence-electron chi connectivity index (χ1n) is 19.3. The second-order valence-electron chi connectivity index (χ2n) is 14.1. The Labute approximate surface area is 337 Å². The smallest absolute Gasteiger partial charge is 0.303 e. The molecule has 10 heteroatoms. The third-order valence-corrected chi connectivity index (χ3v) is 10.9. The summed E-state index contributed by atoms with van der Waals surface area (Å²) in [7, 11) is 0. The van der Waals surface area contributed by atoms with Crippen LogP contribution in [0.4, 0.5) is 0 Å². The van der Waals surface area contributed by atoms with Gasteiger partial charge >= 0.3 is 5.97 Å². The number of hydrogen-bond acceptors (Lipinski definition) is 8. The number of benzene rings is 5. The molecule has 1 aliphatic heterocycles. The summed E-state index contributed by atoms with van der Waals surface area (Å²) in [6.07, 6.45) is 2.08. The van der Waals surface area contributed by atoms with Gasteiger partial charge < -0.3 is 29.4 Å². The lowest BCUT2D eigenvalue weighted by Crippen LogP contribution is -2.31. The van der Waals surface area contributed by atoms with Gasteiger partial charge in [0.1, 0.15) is 5.69 Å². The highest BCUT2D eigenvalue weighted by atomic mass is 32.2. The van der Waals surface area contributed by atoms with E-state index >= 15 is 0 Å². The minimum Gasteiger partial charge on any atom is -0.481 e. The van der Waals surface area contributed by atoms with Gasteiger partial charge in [-0.3, -0.25) is 9.59 Å². The lowest BCUT2D eigenvalue weighted by molar-refractivity contribution is -0.245. The third-order valence-electron chi connectivity index (χ3n) is 9.93. The van der Waals surface area contributed by atoms with Gasteiger partial charge in [-0.15, -0.1) is 0 Å². The molecule has 9 nitrogen and oxygen atoms in total. The molecule has 0 unspecified atom stereocenters. The zero-order chi connectivity index (χ0) is 39.4. The van der Waals surface area contributed by atoms with Crippen molar-refractivity contribution in [3.8, 4) is 33.7 Å². The predicted molar refractivity (Wildman–Crippen MR) is 221 cm³/mol. The van der Waals surface area contributed by atoms with Crippen molar-refractivity contribution in [2.24, 2.45) is 0 Å². The number of unbranched alkanes of at least 4 members (excludes halogenated alkanes) is 2. The van der Waals surface area contributed by atoms with Crippen LogP contribution in [0.2, 0.25) is 0 Å². The van der Waals surface area contributed by atoms with E-state index in [1.807, 2.05) is 115 Å². The fourth-order valence-corrected chi connectivity index (χ4v) is 7.69. The van der Waals surface area contributed by atoms with Crippen molar-refractivity contribution in [2.45, 2.75) is 75.4 Å². The van der Waals surface area contributed by atoms with E-state index in [9.17, 15) is 14.7 Å². The number of nitrogens with zero attached hydrogens (tertiary/aromatic N) is 1. The molecule has 1 saturated heterocycles. The maximum absolute atomic E-state index is 12.4. The van der Waals surface area contributed by atoms with Gasteiger partial charge in [-0.05, 0) is 46.7 Å². The highest BCUT2D eigenvalue weighted by molar-refractivity contribution is 7.99. The summed E-state index contributed by atoms with van der Waals surface area (Å²) in [5.74, 6) is 0.481.